The monoisotopic (exact) mass is 388 g/mol. The molecule has 0 amide bonds. The van der Waals surface area contributed by atoms with Crippen LogP contribution in [0.4, 0.5) is 0 Å². The van der Waals surface area contributed by atoms with E-state index < -0.39 is 0 Å². The first-order valence-electron chi connectivity index (χ1n) is 12.4. The van der Waals surface area contributed by atoms with Crippen molar-refractivity contribution in [2.45, 2.75) is 109 Å². The number of rotatable bonds is 2. The van der Waals surface area contributed by atoms with Gasteiger partial charge >= 0.3 is 5.97 Å². The maximum absolute atomic E-state index is 12.6. The number of fused-ring (bicyclic) bond motifs is 5. The van der Waals surface area contributed by atoms with Crippen LogP contribution in [0.2, 0.25) is 0 Å². The predicted molar refractivity (Wildman–Crippen MR) is 110 cm³/mol. The molecule has 8 unspecified atom stereocenters. The molecule has 5 aliphatic carbocycles. The smallest absolute Gasteiger partial charge is 0.309 e. The molecule has 8 atom stereocenters. The van der Waals surface area contributed by atoms with E-state index in [-0.39, 0.29) is 29.5 Å². The molecule has 0 aromatic heterocycles. The van der Waals surface area contributed by atoms with E-state index in [1.54, 1.807) is 0 Å². The maximum Gasteiger partial charge on any atom is 0.309 e. The van der Waals surface area contributed by atoms with Crippen LogP contribution in [0.1, 0.15) is 96.8 Å². The van der Waals surface area contributed by atoms with Crippen LogP contribution in [-0.2, 0) is 9.53 Å². The molecular formula is C25H40O3. The Morgan fingerprint density at radius 1 is 0.857 bits per heavy atom. The Balaban J connectivity index is 1.20. The zero-order valence-corrected chi connectivity index (χ0v) is 17.8. The van der Waals surface area contributed by atoms with E-state index in [4.69, 9.17) is 4.74 Å². The Labute approximate surface area is 171 Å². The minimum atomic E-state index is -0.0638. The number of hydrogen-bond acceptors (Lipinski definition) is 3. The fourth-order valence-electron chi connectivity index (χ4n) is 8.49. The molecule has 28 heavy (non-hydrogen) atoms. The Morgan fingerprint density at radius 3 is 2.46 bits per heavy atom. The van der Waals surface area contributed by atoms with E-state index in [2.05, 4.69) is 6.92 Å². The minimum absolute atomic E-state index is 0.0638. The van der Waals surface area contributed by atoms with Crippen LogP contribution < -0.4 is 0 Å². The number of carbonyl (C=O) groups is 1. The SMILES string of the molecule is CC12CCC3C4CCC(OC(=O)C5CCCCC5)CC4CCC3C1CCC2O. The molecule has 0 saturated heterocycles. The van der Waals surface area contributed by atoms with Crippen molar-refractivity contribution in [1.29, 1.82) is 0 Å². The first kappa shape index (κ1) is 19.4. The third kappa shape index (κ3) is 3.24. The normalized spacial score (nSPS) is 49.0. The quantitative estimate of drug-likeness (QED) is 0.636. The predicted octanol–water partition coefficient (Wildman–Crippen LogP) is 5.49. The molecule has 5 rings (SSSR count). The fraction of sp³-hybridized carbons (Fsp3) is 0.960. The summed E-state index contributed by atoms with van der Waals surface area (Å²) < 4.78 is 6.04. The first-order chi connectivity index (χ1) is 13.6. The van der Waals surface area contributed by atoms with E-state index in [9.17, 15) is 9.90 Å². The molecule has 5 saturated carbocycles. The van der Waals surface area contributed by atoms with E-state index in [1.165, 1.54) is 57.8 Å². The zero-order chi connectivity index (χ0) is 19.3. The summed E-state index contributed by atoms with van der Waals surface area (Å²) in [7, 11) is 0. The van der Waals surface area contributed by atoms with Crippen molar-refractivity contribution >= 4 is 5.97 Å². The van der Waals surface area contributed by atoms with Gasteiger partial charge in [0.1, 0.15) is 6.10 Å². The van der Waals surface area contributed by atoms with Gasteiger partial charge in [0, 0.05) is 0 Å². The average molecular weight is 389 g/mol. The fourth-order valence-corrected chi connectivity index (χ4v) is 8.49. The molecular weight excluding hydrogens is 348 g/mol. The highest BCUT2D eigenvalue weighted by atomic mass is 16.5. The number of esters is 1. The van der Waals surface area contributed by atoms with Crippen LogP contribution in [0.3, 0.4) is 0 Å². The second kappa shape index (κ2) is 7.60. The molecule has 3 heteroatoms. The van der Waals surface area contributed by atoms with Crippen molar-refractivity contribution in [1.82, 2.24) is 0 Å². The third-order valence-electron chi connectivity index (χ3n) is 10.1. The molecule has 0 bridgehead atoms. The van der Waals surface area contributed by atoms with Crippen LogP contribution in [0.15, 0.2) is 0 Å². The van der Waals surface area contributed by atoms with Gasteiger partial charge in [-0.15, -0.1) is 0 Å². The standard InChI is InChI=1S/C25H40O3/c1-25-14-13-20-19-10-8-18(28-24(27)16-5-3-2-4-6-16)15-17(19)7-9-21(20)22(25)11-12-23(25)26/h16-23,26H,2-15H2,1H3. The molecule has 0 spiro atoms. The average Bonchev–Trinajstić information content (AvgIpc) is 3.03. The van der Waals surface area contributed by atoms with Gasteiger partial charge in [-0.3, -0.25) is 4.79 Å². The second-order valence-electron chi connectivity index (χ2n) is 11.3. The summed E-state index contributed by atoms with van der Waals surface area (Å²) in [6.45, 7) is 2.37. The number of aliphatic hydroxyl groups is 1. The van der Waals surface area contributed by atoms with Crippen LogP contribution >= 0.6 is 0 Å². The highest BCUT2D eigenvalue weighted by molar-refractivity contribution is 5.72. The van der Waals surface area contributed by atoms with Gasteiger partial charge in [-0.2, -0.15) is 0 Å². The van der Waals surface area contributed by atoms with Gasteiger partial charge < -0.3 is 9.84 Å². The van der Waals surface area contributed by atoms with Crippen LogP contribution in [0.25, 0.3) is 0 Å². The zero-order valence-electron chi connectivity index (χ0n) is 17.8. The van der Waals surface area contributed by atoms with Crippen molar-refractivity contribution < 1.29 is 14.6 Å². The lowest BCUT2D eigenvalue weighted by Gasteiger charge is -2.55. The summed E-state index contributed by atoms with van der Waals surface area (Å²) in [6.07, 6.45) is 16.9. The van der Waals surface area contributed by atoms with E-state index in [0.29, 0.717) is 0 Å². The van der Waals surface area contributed by atoms with Gasteiger partial charge in [0.25, 0.3) is 0 Å². The molecule has 0 aliphatic heterocycles. The lowest BCUT2D eigenvalue weighted by molar-refractivity contribution is -0.161. The highest BCUT2D eigenvalue weighted by Gasteiger charge is 2.56. The number of carbonyl (C=O) groups excluding carboxylic acids is 1. The molecule has 1 N–H and O–H groups in total. The van der Waals surface area contributed by atoms with Crippen LogP contribution in [0.5, 0.6) is 0 Å². The molecule has 0 aromatic rings. The lowest BCUT2D eigenvalue weighted by Crippen LogP contribution is -2.50. The maximum atomic E-state index is 12.6. The molecule has 0 heterocycles. The minimum Gasteiger partial charge on any atom is -0.462 e. The molecule has 5 aliphatic rings. The van der Waals surface area contributed by atoms with Crippen molar-refractivity contribution in [2.75, 3.05) is 0 Å². The largest absolute Gasteiger partial charge is 0.462 e. The topological polar surface area (TPSA) is 46.5 Å². The van der Waals surface area contributed by atoms with E-state index >= 15 is 0 Å². The first-order valence-corrected chi connectivity index (χ1v) is 12.4. The Kier molecular flexibility index (Phi) is 5.26. The van der Waals surface area contributed by atoms with Gasteiger partial charge in [-0.05, 0) is 106 Å². The van der Waals surface area contributed by atoms with Crippen LogP contribution in [-0.4, -0.2) is 23.3 Å². The Hall–Kier alpha value is -0.570. The molecule has 5 fully saturated rings. The summed E-state index contributed by atoms with van der Waals surface area (Å²) in [5.41, 5.74) is 0.195. The van der Waals surface area contributed by atoms with Gasteiger partial charge in [0.15, 0.2) is 0 Å². The summed E-state index contributed by atoms with van der Waals surface area (Å²) in [4.78, 5) is 12.6. The van der Waals surface area contributed by atoms with Crippen molar-refractivity contribution in [3.05, 3.63) is 0 Å². The molecule has 158 valence electrons. The van der Waals surface area contributed by atoms with Gasteiger partial charge in [-0.1, -0.05) is 26.2 Å². The van der Waals surface area contributed by atoms with Gasteiger partial charge in [-0.25, -0.2) is 0 Å². The van der Waals surface area contributed by atoms with Crippen molar-refractivity contribution in [3.63, 3.8) is 0 Å². The summed E-state index contributed by atoms with van der Waals surface area (Å²) in [6, 6.07) is 0. The number of hydrogen-bond donors (Lipinski definition) is 1. The molecule has 3 nitrogen and oxygen atoms in total. The van der Waals surface area contributed by atoms with E-state index in [0.717, 1.165) is 61.7 Å². The van der Waals surface area contributed by atoms with Gasteiger partial charge in [0.05, 0.1) is 12.0 Å². The number of aliphatic hydroxyl groups excluding tert-OH is 1. The highest BCUT2D eigenvalue weighted by Crippen LogP contribution is 2.62. The summed E-state index contributed by atoms with van der Waals surface area (Å²) >= 11 is 0. The Morgan fingerprint density at radius 2 is 1.64 bits per heavy atom. The number of ether oxygens (including phenoxy) is 1. The Bertz CT molecular complexity index is 582. The van der Waals surface area contributed by atoms with Crippen molar-refractivity contribution in [2.24, 2.45) is 40.9 Å². The van der Waals surface area contributed by atoms with Gasteiger partial charge in [0.2, 0.25) is 0 Å². The third-order valence-corrected chi connectivity index (χ3v) is 10.1. The van der Waals surface area contributed by atoms with Crippen LogP contribution in [0, 0.1) is 40.9 Å². The van der Waals surface area contributed by atoms with E-state index in [1.807, 2.05) is 0 Å². The van der Waals surface area contributed by atoms with Crippen molar-refractivity contribution in [3.8, 4) is 0 Å². The molecule has 0 aromatic carbocycles. The lowest BCUT2D eigenvalue weighted by atomic mass is 9.50. The second-order valence-corrected chi connectivity index (χ2v) is 11.3. The molecule has 0 radical (unpaired) electrons. The summed E-state index contributed by atoms with van der Waals surface area (Å²) in [5, 5.41) is 10.6. The summed E-state index contributed by atoms with van der Waals surface area (Å²) in [5.74, 6) is 4.40.